The third kappa shape index (κ3) is 3.44. The van der Waals surface area contributed by atoms with Crippen LogP contribution in [0.15, 0.2) is 48.8 Å². The van der Waals surface area contributed by atoms with Crippen LogP contribution in [0.4, 0.5) is 11.5 Å². The molecule has 29 heavy (non-hydrogen) atoms. The number of fused-ring (bicyclic) bond motifs is 2. The summed E-state index contributed by atoms with van der Waals surface area (Å²) in [6.07, 6.45) is 3.16. The average Bonchev–Trinajstić information content (AvgIpc) is 2.79. The standard InChI is InChI=1S/C22H22N4O3/c27-22(25-18-6-3-7-19-20(18)29-13-12-28-19)15-8-10-26(11-9-15)21-16-4-1-2-5-17(16)23-14-24-21/h1-7,14-15H,8-13H2,(H,25,27). The molecule has 0 radical (unpaired) electrons. The van der Waals surface area contributed by atoms with Gasteiger partial charge in [0.25, 0.3) is 0 Å². The lowest BCUT2D eigenvalue weighted by atomic mass is 9.95. The SMILES string of the molecule is O=C(Nc1cccc2c1OCCO2)C1CCN(c2ncnc3ccccc23)CC1. The van der Waals surface area contributed by atoms with Gasteiger partial charge in [0.15, 0.2) is 11.5 Å². The summed E-state index contributed by atoms with van der Waals surface area (Å²) in [6.45, 7) is 2.59. The molecule has 2 aliphatic heterocycles. The minimum atomic E-state index is -0.0419. The van der Waals surface area contributed by atoms with Crippen molar-refractivity contribution in [2.24, 2.45) is 5.92 Å². The van der Waals surface area contributed by atoms with Gasteiger partial charge in [-0.15, -0.1) is 0 Å². The van der Waals surface area contributed by atoms with E-state index < -0.39 is 0 Å². The van der Waals surface area contributed by atoms with E-state index in [2.05, 4.69) is 20.2 Å². The summed E-state index contributed by atoms with van der Waals surface area (Å²) in [5, 5.41) is 4.08. The van der Waals surface area contributed by atoms with Gasteiger partial charge in [0.1, 0.15) is 25.4 Å². The molecule has 0 atom stereocenters. The van der Waals surface area contributed by atoms with E-state index in [1.54, 1.807) is 6.33 Å². The van der Waals surface area contributed by atoms with Gasteiger partial charge in [-0.25, -0.2) is 9.97 Å². The molecule has 7 heteroatoms. The Hall–Kier alpha value is -3.35. The number of nitrogens with zero attached hydrogens (tertiary/aromatic N) is 3. The maximum atomic E-state index is 12.9. The molecule has 1 fully saturated rings. The number of carbonyl (C=O) groups excluding carboxylic acids is 1. The maximum Gasteiger partial charge on any atom is 0.227 e. The molecule has 0 aliphatic carbocycles. The number of hydrogen-bond acceptors (Lipinski definition) is 6. The van der Waals surface area contributed by atoms with Crippen molar-refractivity contribution in [2.75, 3.05) is 36.5 Å². The first-order chi connectivity index (χ1) is 14.3. The maximum absolute atomic E-state index is 12.9. The quantitative estimate of drug-likeness (QED) is 0.740. The van der Waals surface area contributed by atoms with E-state index in [4.69, 9.17) is 9.47 Å². The average molecular weight is 390 g/mol. The molecule has 5 rings (SSSR count). The van der Waals surface area contributed by atoms with Crippen molar-refractivity contribution in [3.63, 3.8) is 0 Å². The number of aromatic nitrogens is 2. The van der Waals surface area contributed by atoms with Gasteiger partial charge in [0.05, 0.1) is 11.2 Å². The Morgan fingerprint density at radius 2 is 1.83 bits per heavy atom. The summed E-state index contributed by atoms with van der Waals surface area (Å²) < 4.78 is 11.3. The van der Waals surface area contributed by atoms with Crippen molar-refractivity contribution in [3.8, 4) is 11.5 Å². The third-order valence-corrected chi connectivity index (χ3v) is 5.51. The van der Waals surface area contributed by atoms with Crippen molar-refractivity contribution in [2.45, 2.75) is 12.8 Å². The van der Waals surface area contributed by atoms with Crippen LogP contribution in [0.3, 0.4) is 0 Å². The van der Waals surface area contributed by atoms with Gasteiger partial charge in [-0.3, -0.25) is 4.79 Å². The first-order valence-corrected chi connectivity index (χ1v) is 9.94. The van der Waals surface area contributed by atoms with E-state index in [1.165, 1.54) is 0 Å². The highest BCUT2D eigenvalue weighted by atomic mass is 16.6. The Bertz CT molecular complexity index is 1040. The lowest BCUT2D eigenvalue weighted by Crippen LogP contribution is -2.38. The molecule has 1 aromatic heterocycles. The molecule has 148 valence electrons. The molecule has 0 bridgehead atoms. The van der Waals surface area contributed by atoms with Crippen LogP contribution in [0.5, 0.6) is 11.5 Å². The number of hydrogen-bond donors (Lipinski definition) is 1. The Labute approximate surface area is 168 Å². The van der Waals surface area contributed by atoms with E-state index in [-0.39, 0.29) is 11.8 Å². The summed E-state index contributed by atoms with van der Waals surface area (Å²) in [5.41, 5.74) is 1.62. The van der Waals surface area contributed by atoms with Gasteiger partial charge >= 0.3 is 0 Å². The van der Waals surface area contributed by atoms with Crippen molar-refractivity contribution < 1.29 is 14.3 Å². The molecule has 1 amide bonds. The van der Waals surface area contributed by atoms with Crippen LogP contribution in [-0.2, 0) is 4.79 Å². The van der Waals surface area contributed by atoms with Crippen LogP contribution in [0, 0.1) is 5.92 Å². The fourth-order valence-corrected chi connectivity index (χ4v) is 4.00. The first kappa shape index (κ1) is 17.7. The number of carbonyl (C=O) groups is 1. The second-order valence-corrected chi connectivity index (χ2v) is 7.29. The third-order valence-electron chi connectivity index (χ3n) is 5.51. The number of amides is 1. The molecule has 3 aromatic rings. The number of benzene rings is 2. The van der Waals surface area contributed by atoms with E-state index in [0.29, 0.717) is 30.4 Å². The molecule has 7 nitrogen and oxygen atoms in total. The van der Waals surface area contributed by atoms with E-state index in [1.807, 2.05) is 42.5 Å². The van der Waals surface area contributed by atoms with Gasteiger partial charge in [0.2, 0.25) is 5.91 Å². The molecule has 0 spiro atoms. The summed E-state index contributed by atoms with van der Waals surface area (Å²) in [4.78, 5) is 23.9. The second kappa shape index (κ2) is 7.58. The van der Waals surface area contributed by atoms with E-state index in [9.17, 15) is 4.79 Å². The number of piperidine rings is 1. The van der Waals surface area contributed by atoms with Crippen LogP contribution in [-0.4, -0.2) is 42.2 Å². The second-order valence-electron chi connectivity index (χ2n) is 7.29. The molecule has 1 N–H and O–H groups in total. The molecule has 2 aromatic carbocycles. The number of rotatable bonds is 3. The zero-order valence-electron chi connectivity index (χ0n) is 16.0. The smallest absolute Gasteiger partial charge is 0.227 e. The molecular formula is C22H22N4O3. The summed E-state index contributed by atoms with van der Waals surface area (Å²) in [7, 11) is 0. The topological polar surface area (TPSA) is 76.6 Å². The minimum Gasteiger partial charge on any atom is -0.486 e. The fraction of sp³-hybridized carbons (Fsp3) is 0.318. The predicted octanol–water partition coefficient (Wildman–Crippen LogP) is 3.26. The van der Waals surface area contributed by atoms with E-state index in [0.717, 1.165) is 42.7 Å². The van der Waals surface area contributed by atoms with Crippen molar-refractivity contribution >= 4 is 28.3 Å². The molecule has 2 aliphatic rings. The minimum absolute atomic E-state index is 0.0276. The molecule has 0 saturated carbocycles. The zero-order valence-corrected chi connectivity index (χ0v) is 16.0. The van der Waals surface area contributed by atoms with Crippen LogP contribution >= 0.6 is 0 Å². The van der Waals surface area contributed by atoms with Crippen LogP contribution in [0.2, 0.25) is 0 Å². The number of para-hydroxylation sites is 2. The Kier molecular flexibility index (Phi) is 4.63. The Balaban J connectivity index is 1.27. The normalized spacial score (nSPS) is 16.6. The van der Waals surface area contributed by atoms with Crippen molar-refractivity contribution in [3.05, 3.63) is 48.8 Å². The van der Waals surface area contributed by atoms with Crippen molar-refractivity contribution in [1.82, 2.24) is 9.97 Å². The molecular weight excluding hydrogens is 368 g/mol. The van der Waals surface area contributed by atoms with Gasteiger partial charge in [-0.2, -0.15) is 0 Å². The zero-order chi connectivity index (χ0) is 19.6. The van der Waals surface area contributed by atoms with Crippen molar-refractivity contribution in [1.29, 1.82) is 0 Å². The highest BCUT2D eigenvalue weighted by Crippen LogP contribution is 2.38. The van der Waals surface area contributed by atoms with Gasteiger partial charge < -0.3 is 19.7 Å². The first-order valence-electron chi connectivity index (χ1n) is 9.94. The molecule has 0 unspecified atom stereocenters. The number of ether oxygens (including phenoxy) is 2. The van der Waals surface area contributed by atoms with E-state index >= 15 is 0 Å². The van der Waals surface area contributed by atoms with Crippen LogP contribution in [0.25, 0.3) is 10.9 Å². The van der Waals surface area contributed by atoms with Crippen LogP contribution < -0.4 is 19.7 Å². The summed E-state index contributed by atoms with van der Waals surface area (Å²) in [6, 6.07) is 13.6. The highest BCUT2D eigenvalue weighted by Gasteiger charge is 2.27. The summed E-state index contributed by atoms with van der Waals surface area (Å²) >= 11 is 0. The molecule has 3 heterocycles. The number of anilines is 2. The van der Waals surface area contributed by atoms with Gasteiger partial charge in [-0.1, -0.05) is 18.2 Å². The van der Waals surface area contributed by atoms with Gasteiger partial charge in [0, 0.05) is 24.4 Å². The van der Waals surface area contributed by atoms with Crippen LogP contribution in [0.1, 0.15) is 12.8 Å². The van der Waals surface area contributed by atoms with Gasteiger partial charge in [-0.05, 0) is 37.1 Å². The predicted molar refractivity (Wildman–Crippen MR) is 111 cm³/mol. The Morgan fingerprint density at radius 3 is 2.72 bits per heavy atom. The lowest BCUT2D eigenvalue weighted by Gasteiger charge is -2.32. The largest absolute Gasteiger partial charge is 0.486 e. The lowest BCUT2D eigenvalue weighted by molar-refractivity contribution is -0.120. The summed E-state index contributed by atoms with van der Waals surface area (Å²) in [5.74, 6) is 2.23. The fourth-order valence-electron chi connectivity index (χ4n) is 4.00. The highest BCUT2D eigenvalue weighted by molar-refractivity contribution is 5.95. The molecule has 1 saturated heterocycles. The monoisotopic (exact) mass is 390 g/mol. The Morgan fingerprint density at radius 1 is 1.00 bits per heavy atom. The number of nitrogens with one attached hydrogen (secondary N) is 1.